The van der Waals surface area contributed by atoms with E-state index in [4.69, 9.17) is 0 Å². The molecule has 150 valence electrons. The van der Waals surface area contributed by atoms with Crippen molar-refractivity contribution in [3.05, 3.63) is 71.4 Å². The zero-order chi connectivity index (χ0) is 17.8. The molecular weight excluding hydrogens is 391 g/mol. The van der Waals surface area contributed by atoms with Crippen LogP contribution in [0.15, 0.2) is 64.8 Å². The molecule has 0 spiro atoms. The van der Waals surface area contributed by atoms with Crippen LogP contribution in [0.2, 0.25) is 0 Å². The molecule has 0 aliphatic carbocycles. The van der Waals surface area contributed by atoms with Crippen LogP contribution in [-0.4, -0.2) is 36.1 Å². The van der Waals surface area contributed by atoms with Crippen molar-refractivity contribution in [1.82, 2.24) is 9.47 Å². The third-order valence-corrected chi connectivity index (χ3v) is 5.15. The Labute approximate surface area is 179 Å². The van der Waals surface area contributed by atoms with Gasteiger partial charge in [0.15, 0.2) is 0 Å². The van der Waals surface area contributed by atoms with E-state index in [1.165, 1.54) is 34.1 Å². The average molecular weight is 419 g/mol. The van der Waals surface area contributed by atoms with Gasteiger partial charge >= 0.3 is 0 Å². The summed E-state index contributed by atoms with van der Waals surface area (Å²) in [6.07, 6.45) is 2.31. The maximum atomic E-state index is 3.71. The van der Waals surface area contributed by atoms with Crippen molar-refractivity contribution in [2.75, 3.05) is 26.7 Å². The molecule has 0 saturated carbocycles. The van der Waals surface area contributed by atoms with Gasteiger partial charge in [0.2, 0.25) is 0 Å². The lowest BCUT2D eigenvalue weighted by molar-refractivity contribution is 0.310. The Balaban J connectivity index is 0.000000352. The van der Waals surface area contributed by atoms with E-state index in [0.717, 1.165) is 39.1 Å². The highest BCUT2D eigenvalue weighted by atomic mass is 35.5. The Morgan fingerprint density at radius 3 is 2.25 bits per heavy atom. The zero-order valence-corrected chi connectivity index (χ0v) is 17.9. The van der Waals surface area contributed by atoms with Gasteiger partial charge in [-0.05, 0) is 30.7 Å². The summed E-state index contributed by atoms with van der Waals surface area (Å²) in [5, 5.41) is 8.84. The molecule has 4 nitrogen and oxygen atoms in total. The number of aromatic nitrogens is 1. The van der Waals surface area contributed by atoms with Crippen LogP contribution in [0.1, 0.15) is 23.2 Å². The number of halogens is 2. The predicted octanol–water partition coefficient (Wildman–Crippen LogP) is 5.36. The fourth-order valence-electron chi connectivity index (χ4n) is 3.84. The first-order chi connectivity index (χ1) is 12.8. The Bertz CT molecular complexity index is 900. The Kier molecular flexibility index (Phi) is 8.49. The van der Waals surface area contributed by atoms with Crippen LogP contribution < -0.4 is 0 Å². The van der Waals surface area contributed by atoms with E-state index in [1.54, 1.807) is 0 Å². The van der Waals surface area contributed by atoms with Crippen molar-refractivity contribution in [3.8, 4) is 0 Å². The monoisotopic (exact) mass is 418 g/mol. The lowest BCUT2D eigenvalue weighted by Gasteiger charge is -2.24. The van der Waals surface area contributed by atoms with Gasteiger partial charge in [0.1, 0.15) is 0 Å². The quantitative estimate of drug-likeness (QED) is 0.550. The molecule has 6 heteroatoms. The molecule has 28 heavy (non-hydrogen) atoms. The molecule has 2 aromatic carbocycles. The summed E-state index contributed by atoms with van der Waals surface area (Å²) in [6, 6.07) is 19.6. The number of hydrogen-bond acceptors (Lipinski definition) is 3. The molecule has 2 aliphatic heterocycles. The number of para-hydroxylation sites is 1. The van der Waals surface area contributed by atoms with Crippen LogP contribution >= 0.6 is 24.8 Å². The number of nitrogens with zero attached hydrogens (tertiary/aromatic N) is 4. The van der Waals surface area contributed by atoms with Crippen LogP contribution in [0, 0.1) is 0 Å². The maximum absolute atomic E-state index is 3.71. The molecule has 0 saturated heterocycles. The molecule has 0 amide bonds. The van der Waals surface area contributed by atoms with Gasteiger partial charge in [-0.3, -0.25) is 0 Å². The summed E-state index contributed by atoms with van der Waals surface area (Å²) in [4.78, 5) is 2.42. The molecule has 0 bridgehead atoms. The SMILES string of the molecule is C1CN=NC1.CN1CCc2c(c3ccccc3n2Cc2ccccc2)C1.Cl.Cl. The van der Waals surface area contributed by atoms with Gasteiger partial charge in [0.05, 0.1) is 13.1 Å². The van der Waals surface area contributed by atoms with Crippen molar-refractivity contribution < 1.29 is 0 Å². The topological polar surface area (TPSA) is 32.9 Å². The Morgan fingerprint density at radius 2 is 1.57 bits per heavy atom. The Hall–Kier alpha value is -1.88. The number of rotatable bonds is 2. The lowest BCUT2D eigenvalue weighted by atomic mass is 10.1. The molecular formula is C22H28Cl2N4. The van der Waals surface area contributed by atoms with Gasteiger partial charge in [-0.2, -0.15) is 10.2 Å². The summed E-state index contributed by atoms with van der Waals surface area (Å²) in [7, 11) is 2.21. The molecule has 1 aromatic heterocycles. The second kappa shape index (κ2) is 10.6. The minimum atomic E-state index is 0. The maximum Gasteiger partial charge on any atom is 0.0617 e. The van der Waals surface area contributed by atoms with Gasteiger partial charge in [-0.1, -0.05) is 48.5 Å². The van der Waals surface area contributed by atoms with Gasteiger partial charge in [0.25, 0.3) is 0 Å². The third-order valence-electron chi connectivity index (χ3n) is 5.15. The van der Waals surface area contributed by atoms with Gasteiger partial charge in [0, 0.05) is 42.7 Å². The van der Waals surface area contributed by atoms with E-state index < -0.39 is 0 Å². The van der Waals surface area contributed by atoms with Crippen LogP contribution in [0.3, 0.4) is 0 Å². The van der Waals surface area contributed by atoms with E-state index in [0.29, 0.717) is 0 Å². The van der Waals surface area contributed by atoms with Crippen molar-refractivity contribution >= 4 is 35.7 Å². The first-order valence-corrected chi connectivity index (χ1v) is 9.47. The third kappa shape index (κ3) is 4.93. The summed E-state index contributed by atoms with van der Waals surface area (Å²) >= 11 is 0. The van der Waals surface area contributed by atoms with Gasteiger partial charge in [-0.15, -0.1) is 24.8 Å². The van der Waals surface area contributed by atoms with Crippen LogP contribution in [0.5, 0.6) is 0 Å². The molecule has 0 N–H and O–H groups in total. The van der Waals surface area contributed by atoms with Crippen molar-refractivity contribution in [3.63, 3.8) is 0 Å². The number of benzene rings is 2. The second-order valence-electron chi connectivity index (χ2n) is 7.09. The fraction of sp³-hybridized carbons (Fsp3) is 0.364. The summed E-state index contributed by atoms with van der Waals surface area (Å²) < 4.78 is 2.52. The highest BCUT2D eigenvalue weighted by molar-refractivity contribution is 5.86. The van der Waals surface area contributed by atoms with Crippen LogP contribution in [-0.2, 0) is 19.5 Å². The largest absolute Gasteiger partial charge is 0.340 e. The van der Waals surface area contributed by atoms with E-state index in [-0.39, 0.29) is 24.8 Å². The second-order valence-corrected chi connectivity index (χ2v) is 7.09. The van der Waals surface area contributed by atoms with Crippen LogP contribution in [0.4, 0.5) is 0 Å². The highest BCUT2D eigenvalue weighted by Gasteiger charge is 2.21. The molecule has 3 heterocycles. The molecule has 0 atom stereocenters. The molecule has 0 fully saturated rings. The van der Waals surface area contributed by atoms with E-state index >= 15 is 0 Å². The Morgan fingerprint density at radius 1 is 0.893 bits per heavy atom. The standard InChI is InChI=1S/C19H20N2.C3H6N2.2ClH/c1-20-12-11-19-17(14-20)16-9-5-6-10-18(16)21(19)13-15-7-3-2-4-8-15;1-2-4-5-3-1;;/h2-10H,11-14H2,1H3;1-3H2;2*1H. The lowest BCUT2D eigenvalue weighted by Crippen LogP contribution is -2.27. The first kappa shape index (κ1) is 22.4. The predicted molar refractivity (Wildman–Crippen MR) is 121 cm³/mol. The molecule has 0 radical (unpaired) electrons. The minimum Gasteiger partial charge on any atom is -0.340 e. The molecule has 5 rings (SSSR count). The van der Waals surface area contributed by atoms with E-state index in [9.17, 15) is 0 Å². The van der Waals surface area contributed by atoms with E-state index in [1.807, 2.05) is 0 Å². The average Bonchev–Trinajstić information content (AvgIpc) is 3.35. The summed E-state index contributed by atoms with van der Waals surface area (Å²) in [6.45, 7) is 5.11. The smallest absolute Gasteiger partial charge is 0.0617 e. The molecule has 0 unspecified atom stereocenters. The molecule has 2 aliphatic rings. The highest BCUT2D eigenvalue weighted by Crippen LogP contribution is 2.31. The van der Waals surface area contributed by atoms with E-state index in [2.05, 4.69) is 81.3 Å². The van der Waals surface area contributed by atoms with Crippen molar-refractivity contribution in [1.29, 1.82) is 0 Å². The number of azo groups is 1. The number of fused-ring (bicyclic) bond motifs is 3. The summed E-state index contributed by atoms with van der Waals surface area (Å²) in [5.41, 5.74) is 5.80. The minimum absolute atomic E-state index is 0. The van der Waals surface area contributed by atoms with Crippen LogP contribution in [0.25, 0.3) is 10.9 Å². The van der Waals surface area contributed by atoms with Gasteiger partial charge in [-0.25, -0.2) is 0 Å². The zero-order valence-electron chi connectivity index (χ0n) is 16.3. The number of likely N-dealkylation sites (N-methyl/N-ethyl adjacent to an activating group) is 1. The summed E-state index contributed by atoms with van der Waals surface area (Å²) in [5.74, 6) is 0. The van der Waals surface area contributed by atoms with Crippen molar-refractivity contribution in [2.45, 2.75) is 25.9 Å². The normalized spacial score (nSPS) is 15.2. The van der Waals surface area contributed by atoms with Crippen molar-refractivity contribution in [2.24, 2.45) is 10.2 Å². The first-order valence-electron chi connectivity index (χ1n) is 9.47. The van der Waals surface area contributed by atoms with Gasteiger partial charge < -0.3 is 9.47 Å². The fourth-order valence-corrected chi connectivity index (χ4v) is 3.84. The molecule has 3 aromatic rings. The number of hydrogen-bond donors (Lipinski definition) is 0.